The molecule has 2 aromatic rings. The van der Waals surface area contributed by atoms with Gasteiger partial charge in [-0.15, -0.1) is 0 Å². The van der Waals surface area contributed by atoms with Crippen LogP contribution in [0.5, 0.6) is 17.2 Å². The highest BCUT2D eigenvalue weighted by Gasteiger charge is 2.27. The van der Waals surface area contributed by atoms with Gasteiger partial charge in [-0.25, -0.2) is 4.79 Å². The summed E-state index contributed by atoms with van der Waals surface area (Å²) in [5.41, 5.74) is 0.799. The first kappa shape index (κ1) is 25.5. The summed E-state index contributed by atoms with van der Waals surface area (Å²) in [7, 11) is 0. The molecule has 2 N–H and O–H groups in total. The summed E-state index contributed by atoms with van der Waals surface area (Å²) in [5.74, 6) is -1.03. The number of anilines is 1. The highest BCUT2D eigenvalue weighted by Crippen LogP contribution is 2.37. The predicted octanol–water partition coefficient (Wildman–Crippen LogP) is 2.95. The van der Waals surface area contributed by atoms with E-state index >= 15 is 0 Å². The number of Topliss-reactive ketones (excluding diaryl/α,β-unsaturated/α-hetero) is 1. The van der Waals surface area contributed by atoms with Gasteiger partial charge in [0.15, 0.2) is 23.9 Å². The van der Waals surface area contributed by atoms with Gasteiger partial charge in [-0.2, -0.15) is 0 Å². The number of ether oxygens (including phenoxy) is 4. The van der Waals surface area contributed by atoms with Crippen molar-refractivity contribution in [3.8, 4) is 17.2 Å². The molecule has 2 aromatic carbocycles. The van der Waals surface area contributed by atoms with E-state index in [1.165, 1.54) is 19.1 Å². The Balaban J connectivity index is 1.60. The van der Waals surface area contributed by atoms with E-state index in [2.05, 4.69) is 10.6 Å². The molecule has 35 heavy (non-hydrogen) atoms. The Labute approximate surface area is 202 Å². The lowest BCUT2D eigenvalue weighted by Crippen LogP contribution is -2.45. The molecule has 3 rings (SSSR count). The molecule has 1 aliphatic rings. The van der Waals surface area contributed by atoms with Gasteiger partial charge in [-0.05, 0) is 50.1 Å². The first-order valence-corrected chi connectivity index (χ1v) is 11.1. The molecule has 0 aliphatic carbocycles. The van der Waals surface area contributed by atoms with Crippen molar-refractivity contribution in [3.63, 3.8) is 0 Å². The van der Waals surface area contributed by atoms with Crippen LogP contribution >= 0.6 is 0 Å². The van der Waals surface area contributed by atoms with Crippen molar-refractivity contribution >= 4 is 29.3 Å². The molecule has 0 saturated heterocycles. The lowest BCUT2D eigenvalue weighted by Gasteiger charge is -2.21. The van der Waals surface area contributed by atoms with Crippen LogP contribution in [0, 0.1) is 5.92 Å². The van der Waals surface area contributed by atoms with Gasteiger partial charge in [0.05, 0.1) is 12.3 Å². The predicted molar refractivity (Wildman–Crippen MR) is 126 cm³/mol. The van der Waals surface area contributed by atoms with E-state index in [9.17, 15) is 19.2 Å². The number of carbonyl (C=O) groups is 4. The fourth-order valence-electron chi connectivity index (χ4n) is 3.34. The fraction of sp³-hybridized carbons (Fsp3) is 0.360. The Morgan fingerprint density at radius 3 is 2.29 bits per heavy atom. The van der Waals surface area contributed by atoms with Crippen molar-refractivity contribution in [1.29, 1.82) is 0 Å². The lowest BCUT2D eigenvalue weighted by molar-refractivity contribution is -0.150. The number of carbonyl (C=O) groups excluding carboxylic acids is 4. The van der Waals surface area contributed by atoms with Crippen LogP contribution in [0.3, 0.4) is 0 Å². The van der Waals surface area contributed by atoms with Gasteiger partial charge in [0, 0.05) is 17.2 Å². The topological polar surface area (TPSA) is 129 Å². The van der Waals surface area contributed by atoms with Crippen molar-refractivity contribution in [2.75, 3.05) is 25.3 Å². The quantitative estimate of drug-likeness (QED) is 0.389. The minimum absolute atomic E-state index is 0.0145. The number of rotatable bonds is 10. The summed E-state index contributed by atoms with van der Waals surface area (Å²) in [5, 5.41) is 5.20. The highest BCUT2D eigenvalue weighted by atomic mass is 16.7. The van der Waals surface area contributed by atoms with Crippen LogP contribution < -0.4 is 24.8 Å². The average Bonchev–Trinajstić information content (AvgIpc) is 3.28. The highest BCUT2D eigenvalue weighted by molar-refractivity contribution is 6.05. The van der Waals surface area contributed by atoms with Gasteiger partial charge >= 0.3 is 5.97 Å². The molecule has 0 radical (unpaired) electrons. The van der Waals surface area contributed by atoms with E-state index in [0.717, 1.165) is 0 Å². The largest absolute Gasteiger partial charge is 0.494 e. The maximum atomic E-state index is 12.6. The minimum Gasteiger partial charge on any atom is -0.494 e. The first-order chi connectivity index (χ1) is 16.7. The second-order valence-corrected chi connectivity index (χ2v) is 8.12. The Kier molecular flexibility index (Phi) is 8.30. The molecule has 0 fully saturated rings. The summed E-state index contributed by atoms with van der Waals surface area (Å²) in [6.07, 6.45) is 0. The van der Waals surface area contributed by atoms with E-state index < -0.39 is 30.4 Å². The zero-order valence-corrected chi connectivity index (χ0v) is 20.0. The number of hydrogen-bond acceptors (Lipinski definition) is 8. The molecular weight excluding hydrogens is 456 g/mol. The summed E-state index contributed by atoms with van der Waals surface area (Å²) in [6, 6.07) is 8.50. The summed E-state index contributed by atoms with van der Waals surface area (Å²) in [6.45, 7) is 6.62. The van der Waals surface area contributed by atoms with Gasteiger partial charge in [0.2, 0.25) is 6.79 Å². The third kappa shape index (κ3) is 6.50. The molecule has 0 aromatic heterocycles. The molecule has 10 nitrogen and oxygen atoms in total. The Morgan fingerprint density at radius 1 is 1.03 bits per heavy atom. The van der Waals surface area contributed by atoms with Crippen molar-refractivity contribution < 1.29 is 38.1 Å². The molecular formula is C25H28N2O8. The molecule has 186 valence electrons. The summed E-state index contributed by atoms with van der Waals surface area (Å²) in [4.78, 5) is 49.7. The van der Waals surface area contributed by atoms with E-state index in [0.29, 0.717) is 29.4 Å². The zero-order valence-electron chi connectivity index (χ0n) is 20.0. The average molecular weight is 485 g/mol. The van der Waals surface area contributed by atoms with Crippen LogP contribution in [-0.4, -0.2) is 49.6 Å². The number of ketones is 1. The second-order valence-electron chi connectivity index (χ2n) is 8.12. The molecule has 1 aliphatic heterocycles. The molecule has 1 unspecified atom stereocenters. The number of hydrogen-bond donors (Lipinski definition) is 2. The molecule has 1 heterocycles. The van der Waals surface area contributed by atoms with Gasteiger partial charge < -0.3 is 29.6 Å². The molecule has 2 amide bonds. The molecule has 0 saturated carbocycles. The van der Waals surface area contributed by atoms with Gasteiger partial charge in [0.1, 0.15) is 11.8 Å². The number of benzene rings is 2. The van der Waals surface area contributed by atoms with Crippen LogP contribution in [-0.2, 0) is 14.3 Å². The molecule has 1 atom stereocenters. The number of fused-ring (bicyclic) bond motifs is 1. The first-order valence-electron chi connectivity index (χ1n) is 11.1. The maximum Gasteiger partial charge on any atom is 0.329 e. The Morgan fingerprint density at radius 2 is 1.69 bits per heavy atom. The number of amides is 2. The van der Waals surface area contributed by atoms with E-state index in [4.69, 9.17) is 18.9 Å². The maximum absolute atomic E-state index is 12.6. The zero-order chi connectivity index (χ0) is 25.5. The second kappa shape index (κ2) is 11.4. The van der Waals surface area contributed by atoms with Crippen molar-refractivity contribution in [3.05, 3.63) is 47.5 Å². The van der Waals surface area contributed by atoms with Crippen molar-refractivity contribution in [2.24, 2.45) is 5.92 Å². The molecule has 10 heteroatoms. The molecule has 0 bridgehead atoms. The summed E-state index contributed by atoms with van der Waals surface area (Å²) < 4.78 is 21.1. The fourth-order valence-corrected chi connectivity index (χ4v) is 3.34. The van der Waals surface area contributed by atoms with Gasteiger partial charge in [-0.1, -0.05) is 13.8 Å². The number of nitrogens with one attached hydrogen (secondary N) is 2. The standard InChI is InChI=1S/C25H28N2O8/c1-5-32-17-8-6-16(7-9-17)24(30)27-23(14(2)3)25(31)33-12-22(29)26-19-11-21-20(34-13-35-21)10-18(19)15(4)28/h6-11,14,23H,5,12-13H2,1-4H3,(H,26,29)(H,27,30). The Hall–Kier alpha value is -4.08. The third-order valence-corrected chi connectivity index (χ3v) is 5.15. The van der Waals surface area contributed by atoms with Crippen LogP contribution in [0.15, 0.2) is 36.4 Å². The van der Waals surface area contributed by atoms with Gasteiger partial charge in [0.25, 0.3) is 11.8 Å². The van der Waals surface area contributed by atoms with Crippen LogP contribution in [0.2, 0.25) is 0 Å². The summed E-state index contributed by atoms with van der Waals surface area (Å²) >= 11 is 0. The van der Waals surface area contributed by atoms with Crippen molar-refractivity contribution in [2.45, 2.75) is 33.7 Å². The van der Waals surface area contributed by atoms with Crippen LogP contribution in [0.1, 0.15) is 48.4 Å². The SMILES string of the molecule is CCOc1ccc(C(=O)NC(C(=O)OCC(=O)Nc2cc3c(cc2C(C)=O)OCO3)C(C)C)cc1. The van der Waals surface area contributed by atoms with E-state index in [-0.39, 0.29) is 29.7 Å². The lowest BCUT2D eigenvalue weighted by atomic mass is 10.0. The van der Waals surface area contributed by atoms with Crippen molar-refractivity contribution in [1.82, 2.24) is 5.32 Å². The van der Waals surface area contributed by atoms with Crippen LogP contribution in [0.25, 0.3) is 0 Å². The number of esters is 1. The Bertz CT molecular complexity index is 1110. The smallest absolute Gasteiger partial charge is 0.329 e. The monoisotopic (exact) mass is 484 g/mol. The minimum atomic E-state index is -0.972. The van der Waals surface area contributed by atoms with Gasteiger partial charge in [-0.3, -0.25) is 14.4 Å². The van der Waals surface area contributed by atoms with E-state index in [1.54, 1.807) is 38.1 Å². The van der Waals surface area contributed by atoms with E-state index in [1.807, 2.05) is 6.92 Å². The molecule has 0 spiro atoms. The van der Waals surface area contributed by atoms with Crippen LogP contribution in [0.4, 0.5) is 5.69 Å². The normalized spacial score (nSPS) is 12.6. The third-order valence-electron chi connectivity index (χ3n) is 5.15.